The van der Waals surface area contributed by atoms with Crippen LogP contribution in [-0.2, 0) is 11.2 Å². The molecule has 0 N–H and O–H groups in total. The van der Waals surface area contributed by atoms with Crippen LogP contribution in [0.4, 0.5) is 0 Å². The number of hydrogen-bond acceptors (Lipinski definition) is 4. The molecule has 1 aliphatic rings. The minimum Gasteiger partial charge on any atom is -0.483 e. The molecule has 30 heavy (non-hydrogen) atoms. The number of para-hydroxylation sites is 1. The molecule has 1 saturated heterocycles. The Bertz CT molecular complexity index is 976. The first-order valence-corrected chi connectivity index (χ1v) is 10.6. The van der Waals surface area contributed by atoms with E-state index in [0.29, 0.717) is 6.54 Å². The van der Waals surface area contributed by atoms with E-state index in [1.165, 1.54) is 5.56 Å². The van der Waals surface area contributed by atoms with Gasteiger partial charge in [0.1, 0.15) is 11.5 Å². The smallest absolute Gasteiger partial charge is 0.260 e. The summed E-state index contributed by atoms with van der Waals surface area (Å²) < 4.78 is 11.9. The summed E-state index contributed by atoms with van der Waals surface area (Å²) in [7, 11) is 0. The van der Waals surface area contributed by atoms with E-state index in [1.807, 2.05) is 61.3 Å². The first-order valence-electron chi connectivity index (χ1n) is 10.6. The van der Waals surface area contributed by atoms with Crippen molar-refractivity contribution in [1.29, 1.82) is 0 Å². The van der Waals surface area contributed by atoms with Crippen molar-refractivity contribution in [2.24, 2.45) is 0 Å². The van der Waals surface area contributed by atoms with E-state index < -0.39 is 0 Å². The lowest BCUT2D eigenvalue weighted by atomic mass is 9.98. The van der Waals surface area contributed by atoms with E-state index in [1.54, 1.807) is 0 Å². The number of carbonyl (C=O) groups is 1. The van der Waals surface area contributed by atoms with Crippen LogP contribution in [0.5, 0.6) is 5.75 Å². The number of benzene rings is 2. The van der Waals surface area contributed by atoms with Gasteiger partial charge in [-0.1, -0.05) is 48.5 Å². The molecule has 2 heterocycles. The summed E-state index contributed by atoms with van der Waals surface area (Å²) in [5.41, 5.74) is 3.29. The van der Waals surface area contributed by atoms with Gasteiger partial charge in [0.2, 0.25) is 0 Å². The van der Waals surface area contributed by atoms with Gasteiger partial charge in [0.25, 0.3) is 5.91 Å². The lowest BCUT2D eigenvalue weighted by molar-refractivity contribution is -0.134. The highest BCUT2D eigenvalue weighted by molar-refractivity contribution is 5.78. The monoisotopic (exact) mass is 404 g/mol. The second kappa shape index (κ2) is 9.16. The standard InChI is InChI=1S/C25H28N2O3/c1-18-8-6-9-19(2)24(18)29-17-23(28)27-13-7-12-21(16-27)25-26-15-22(30-25)14-20-10-4-3-5-11-20/h3-6,8-11,15,21H,7,12-14,16-17H2,1-2H3/t21-/m1/s1. The number of aryl methyl sites for hydroxylation is 2. The van der Waals surface area contributed by atoms with Crippen molar-refractivity contribution >= 4 is 5.91 Å². The Balaban J connectivity index is 1.35. The van der Waals surface area contributed by atoms with Crippen LogP contribution in [0.25, 0.3) is 0 Å². The number of piperidine rings is 1. The lowest BCUT2D eigenvalue weighted by Crippen LogP contribution is -2.41. The highest BCUT2D eigenvalue weighted by atomic mass is 16.5. The number of likely N-dealkylation sites (tertiary alicyclic amines) is 1. The average Bonchev–Trinajstić information content (AvgIpc) is 3.22. The third-order valence-electron chi connectivity index (χ3n) is 5.66. The third-order valence-corrected chi connectivity index (χ3v) is 5.66. The average molecular weight is 405 g/mol. The van der Waals surface area contributed by atoms with Gasteiger partial charge in [-0.3, -0.25) is 4.79 Å². The molecular formula is C25H28N2O3. The Morgan fingerprint density at radius 1 is 1.13 bits per heavy atom. The van der Waals surface area contributed by atoms with E-state index >= 15 is 0 Å². The minimum absolute atomic E-state index is 0.0124. The number of amides is 1. The molecule has 3 aromatic rings. The molecule has 1 aliphatic heterocycles. The van der Waals surface area contributed by atoms with Crippen LogP contribution in [-0.4, -0.2) is 35.5 Å². The van der Waals surface area contributed by atoms with E-state index in [4.69, 9.17) is 9.15 Å². The summed E-state index contributed by atoms with van der Waals surface area (Å²) in [6.07, 6.45) is 4.46. The van der Waals surface area contributed by atoms with Crippen LogP contribution in [0.15, 0.2) is 59.1 Å². The number of nitrogens with zero attached hydrogens (tertiary/aromatic N) is 2. The lowest BCUT2D eigenvalue weighted by Gasteiger charge is -2.31. The molecule has 1 atom stereocenters. The predicted octanol–water partition coefficient (Wildman–Crippen LogP) is 4.67. The molecule has 1 fully saturated rings. The molecule has 0 bridgehead atoms. The summed E-state index contributed by atoms with van der Waals surface area (Å²) in [5, 5.41) is 0. The summed E-state index contributed by atoms with van der Waals surface area (Å²) in [6.45, 7) is 5.44. The van der Waals surface area contributed by atoms with E-state index in [2.05, 4.69) is 17.1 Å². The second-order valence-electron chi connectivity index (χ2n) is 8.02. The quantitative estimate of drug-likeness (QED) is 0.599. The summed E-state index contributed by atoms with van der Waals surface area (Å²) in [4.78, 5) is 19.2. The molecule has 1 amide bonds. The van der Waals surface area contributed by atoms with E-state index in [-0.39, 0.29) is 18.4 Å². The van der Waals surface area contributed by atoms with Crippen molar-refractivity contribution in [2.45, 2.75) is 39.0 Å². The van der Waals surface area contributed by atoms with Crippen molar-refractivity contribution < 1.29 is 13.9 Å². The van der Waals surface area contributed by atoms with Crippen LogP contribution >= 0.6 is 0 Å². The Morgan fingerprint density at radius 2 is 1.90 bits per heavy atom. The van der Waals surface area contributed by atoms with Crippen LogP contribution in [0.2, 0.25) is 0 Å². The Hall–Kier alpha value is -3.08. The van der Waals surface area contributed by atoms with Crippen LogP contribution < -0.4 is 4.74 Å². The molecule has 5 heteroatoms. The molecule has 4 rings (SSSR count). The van der Waals surface area contributed by atoms with Gasteiger partial charge in [0.05, 0.1) is 12.1 Å². The Labute approximate surface area is 177 Å². The van der Waals surface area contributed by atoms with E-state index in [0.717, 1.165) is 54.3 Å². The van der Waals surface area contributed by atoms with Gasteiger partial charge >= 0.3 is 0 Å². The molecule has 0 saturated carbocycles. The van der Waals surface area contributed by atoms with Gasteiger partial charge in [-0.05, 0) is 43.4 Å². The van der Waals surface area contributed by atoms with Crippen molar-refractivity contribution in [3.05, 3.63) is 83.1 Å². The number of rotatable bonds is 6. The summed E-state index contributed by atoms with van der Waals surface area (Å²) >= 11 is 0. The molecule has 0 spiro atoms. The highest BCUT2D eigenvalue weighted by Crippen LogP contribution is 2.28. The maximum absolute atomic E-state index is 12.8. The fourth-order valence-corrected chi connectivity index (χ4v) is 4.05. The number of aromatic nitrogens is 1. The maximum atomic E-state index is 12.8. The van der Waals surface area contributed by atoms with Crippen molar-refractivity contribution in [3.63, 3.8) is 0 Å². The Kier molecular flexibility index (Phi) is 6.17. The largest absolute Gasteiger partial charge is 0.483 e. The van der Waals surface area contributed by atoms with Crippen LogP contribution in [0.1, 0.15) is 47.1 Å². The first kappa shape index (κ1) is 20.2. The highest BCUT2D eigenvalue weighted by Gasteiger charge is 2.28. The van der Waals surface area contributed by atoms with Gasteiger partial charge in [0.15, 0.2) is 12.5 Å². The summed E-state index contributed by atoms with van der Waals surface area (Å²) in [5.74, 6) is 2.54. The SMILES string of the molecule is Cc1cccc(C)c1OCC(=O)N1CCC[C@@H](c2ncc(Cc3ccccc3)o2)C1. The molecule has 5 nitrogen and oxygen atoms in total. The van der Waals surface area contributed by atoms with Gasteiger partial charge in [0, 0.05) is 19.5 Å². The number of carbonyl (C=O) groups excluding carboxylic acids is 1. The van der Waals surface area contributed by atoms with Gasteiger partial charge in [-0.15, -0.1) is 0 Å². The first-order chi connectivity index (χ1) is 14.6. The molecular weight excluding hydrogens is 376 g/mol. The van der Waals surface area contributed by atoms with Crippen molar-refractivity contribution in [1.82, 2.24) is 9.88 Å². The van der Waals surface area contributed by atoms with Crippen molar-refractivity contribution in [3.8, 4) is 5.75 Å². The topological polar surface area (TPSA) is 55.6 Å². The summed E-state index contributed by atoms with van der Waals surface area (Å²) in [6, 6.07) is 16.2. The number of hydrogen-bond donors (Lipinski definition) is 0. The van der Waals surface area contributed by atoms with Gasteiger partial charge in [-0.25, -0.2) is 4.98 Å². The van der Waals surface area contributed by atoms with Gasteiger partial charge < -0.3 is 14.1 Å². The fraction of sp³-hybridized carbons (Fsp3) is 0.360. The molecule has 2 aromatic carbocycles. The molecule has 0 radical (unpaired) electrons. The van der Waals surface area contributed by atoms with E-state index in [9.17, 15) is 4.79 Å². The van der Waals surface area contributed by atoms with Crippen molar-refractivity contribution in [2.75, 3.05) is 19.7 Å². The fourth-order valence-electron chi connectivity index (χ4n) is 4.05. The van der Waals surface area contributed by atoms with Crippen LogP contribution in [0.3, 0.4) is 0 Å². The third kappa shape index (κ3) is 4.73. The maximum Gasteiger partial charge on any atom is 0.260 e. The van der Waals surface area contributed by atoms with Crippen LogP contribution in [0, 0.1) is 13.8 Å². The zero-order valence-electron chi connectivity index (χ0n) is 17.6. The molecule has 156 valence electrons. The molecule has 0 aliphatic carbocycles. The zero-order valence-corrected chi connectivity index (χ0v) is 17.6. The minimum atomic E-state index is 0.0124. The normalized spacial score (nSPS) is 16.5. The molecule has 1 aromatic heterocycles. The number of ether oxygens (including phenoxy) is 1. The molecule has 0 unspecified atom stereocenters. The van der Waals surface area contributed by atoms with Gasteiger partial charge in [-0.2, -0.15) is 0 Å². The number of oxazole rings is 1. The second-order valence-corrected chi connectivity index (χ2v) is 8.02. The predicted molar refractivity (Wildman–Crippen MR) is 116 cm³/mol. The zero-order chi connectivity index (χ0) is 20.9. The Morgan fingerprint density at radius 3 is 2.67 bits per heavy atom.